The maximum Gasteiger partial charge on any atom is 0.230 e. The number of benzene rings is 1. The minimum Gasteiger partial charge on any atom is -0.305 e. The van der Waals surface area contributed by atoms with E-state index in [1.54, 1.807) is 12.3 Å². The van der Waals surface area contributed by atoms with Crippen LogP contribution in [0.3, 0.4) is 0 Å². The van der Waals surface area contributed by atoms with Crippen LogP contribution in [-0.4, -0.2) is 15.7 Å². The third-order valence-electron chi connectivity index (χ3n) is 4.50. The summed E-state index contributed by atoms with van der Waals surface area (Å²) < 4.78 is 1.97. The molecule has 5 nitrogen and oxygen atoms in total. The highest BCUT2D eigenvalue weighted by Crippen LogP contribution is 2.34. The number of hydrogen-bond acceptors (Lipinski definition) is 3. The topological polar surface area (TPSA) is 61.9 Å². The summed E-state index contributed by atoms with van der Waals surface area (Å²) in [5.74, 6) is 0.785. The molecule has 1 aromatic heterocycles. The number of carbonyl (C=O) groups excluding carboxylic acids is 1. The summed E-state index contributed by atoms with van der Waals surface area (Å²) in [6.07, 6.45) is 3.73. The van der Waals surface area contributed by atoms with E-state index in [9.17, 15) is 4.79 Å². The summed E-state index contributed by atoms with van der Waals surface area (Å²) in [4.78, 5) is 14.7. The fourth-order valence-corrected chi connectivity index (χ4v) is 2.99. The van der Waals surface area contributed by atoms with E-state index in [-0.39, 0.29) is 11.8 Å². The summed E-state index contributed by atoms with van der Waals surface area (Å²) >= 11 is 0. The molecule has 0 saturated heterocycles. The van der Waals surface area contributed by atoms with Crippen LogP contribution < -0.4 is 4.90 Å². The average molecular weight is 336 g/mol. The molecule has 2 aromatic rings. The highest BCUT2D eigenvalue weighted by molar-refractivity contribution is 5.96. The number of carbonyl (C=O) groups is 1. The fourth-order valence-electron chi connectivity index (χ4n) is 2.99. The van der Waals surface area contributed by atoms with E-state index in [1.807, 2.05) is 34.7 Å². The number of hydrogen-bond donors (Lipinski definition) is 0. The summed E-state index contributed by atoms with van der Waals surface area (Å²) in [6.45, 7) is 7.63. The average Bonchev–Trinajstić information content (AvgIpc) is 3.38. The minimum atomic E-state index is 0.131. The normalized spacial score (nSPS) is 13.7. The standard InChI is InChI=1S/C20H24N4O/c1-14(2)12-24-15(3)19(11-22-24)23(20(25)18-7-8-18)13-17-6-4-5-16(9-17)10-21/h4-6,9,11,14,18H,7-8,12-13H2,1-3H3. The van der Waals surface area contributed by atoms with Crippen LogP contribution in [0.25, 0.3) is 0 Å². The molecular weight excluding hydrogens is 312 g/mol. The maximum absolute atomic E-state index is 12.9. The lowest BCUT2D eigenvalue weighted by Gasteiger charge is -2.23. The Bertz CT molecular complexity index is 811. The first kappa shape index (κ1) is 17.2. The lowest BCUT2D eigenvalue weighted by atomic mass is 10.1. The number of rotatable bonds is 6. The van der Waals surface area contributed by atoms with Crippen LogP contribution in [0.1, 0.15) is 43.5 Å². The molecule has 0 N–H and O–H groups in total. The van der Waals surface area contributed by atoms with E-state index in [0.29, 0.717) is 18.0 Å². The summed E-state index contributed by atoms with van der Waals surface area (Å²) in [5, 5.41) is 13.6. The van der Waals surface area contributed by atoms with Crippen molar-refractivity contribution in [2.24, 2.45) is 11.8 Å². The van der Waals surface area contributed by atoms with Gasteiger partial charge in [0.05, 0.1) is 35.8 Å². The second kappa shape index (κ2) is 7.10. The monoisotopic (exact) mass is 336 g/mol. The minimum absolute atomic E-state index is 0.131. The summed E-state index contributed by atoms with van der Waals surface area (Å²) in [6, 6.07) is 9.61. The van der Waals surface area contributed by atoms with Crippen molar-refractivity contribution in [1.29, 1.82) is 5.26 Å². The van der Waals surface area contributed by atoms with Crippen LogP contribution in [0.4, 0.5) is 5.69 Å². The largest absolute Gasteiger partial charge is 0.305 e. The van der Waals surface area contributed by atoms with Crippen molar-refractivity contribution < 1.29 is 4.79 Å². The van der Waals surface area contributed by atoms with E-state index in [2.05, 4.69) is 25.0 Å². The molecule has 1 aliphatic carbocycles. The number of anilines is 1. The van der Waals surface area contributed by atoms with Gasteiger partial charge in [0.1, 0.15) is 0 Å². The third kappa shape index (κ3) is 3.90. The molecule has 1 aromatic carbocycles. The van der Waals surface area contributed by atoms with Gasteiger partial charge in [-0.1, -0.05) is 26.0 Å². The molecule has 0 atom stereocenters. The smallest absolute Gasteiger partial charge is 0.230 e. The van der Waals surface area contributed by atoms with Crippen LogP contribution in [0.2, 0.25) is 0 Å². The molecular formula is C20H24N4O. The van der Waals surface area contributed by atoms with Crippen LogP contribution in [-0.2, 0) is 17.9 Å². The quantitative estimate of drug-likeness (QED) is 0.808. The SMILES string of the molecule is Cc1c(N(Cc2cccc(C#N)c2)C(=O)C2CC2)cnn1CC(C)C. The van der Waals surface area contributed by atoms with Gasteiger partial charge in [-0.25, -0.2) is 0 Å². The van der Waals surface area contributed by atoms with Crippen molar-refractivity contribution in [2.75, 3.05) is 4.90 Å². The molecule has 0 aliphatic heterocycles. The first-order valence-electron chi connectivity index (χ1n) is 8.82. The molecule has 1 saturated carbocycles. The lowest BCUT2D eigenvalue weighted by Crippen LogP contribution is -2.32. The van der Waals surface area contributed by atoms with E-state index in [1.165, 1.54) is 0 Å². The Labute approximate surface area is 148 Å². The van der Waals surface area contributed by atoms with E-state index < -0.39 is 0 Å². The zero-order chi connectivity index (χ0) is 18.0. The number of nitriles is 1. The van der Waals surface area contributed by atoms with Gasteiger partial charge in [-0.05, 0) is 43.4 Å². The van der Waals surface area contributed by atoms with Crippen molar-refractivity contribution in [1.82, 2.24) is 9.78 Å². The first-order chi connectivity index (χ1) is 12.0. The summed E-state index contributed by atoms with van der Waals surface area (Å²) in [5.41, 5.74) is 3.46. The molecule has 3 rings (SSSR count). The number of nitrogens with zero attached hydrogens (tertiary/aromatic N) is 4. The van der Waals surface area contributed by atoms with Crippen molar-refractivity contribution in [3.63, 3.8) is 0 Å². The van der Waals surface area contributed by atoms with Gasteiger partial charge in [0.25, 0.3) is 0 Å². The Morgan fingerprint density at radius 3 is 2.84 bits per heavy atom. The molecule has 25 heavy (non-hydrogen) atoms. The molecule has 5 heteroatoms. The Hall–Kier alpha value is -2.61. The van der Waals surface area contributed by atoms with Gasteiger partial charge in [0.15, 0.2) is 0 Å². The summed E-state index contributed by atoms with van der Waals surface area (Å²) in [7, 11) is 0. The van der Waals surface area contributed by atoms with Crippen LogP contribution in [0.5, 0.6) is 0 Å². The lowest BCUT2D eigenvalue weighted by molar-refractivity contribution is -0.119. The highest BCUT2D eigenvalue weighted by Gasteiger charge is 2.35. The van der Waals surface area contributed by atoms with Gasteiger partial charge in [-0.3, -0.25) is 9.48 Å². The molecule has 1 fully saturated rings. The maximum atomic E-state index is 12.9. The van der Waals surface area contributed by atoms with Gasteiger partial charge >= 0.3 is 0 Å². The molecule has 130 valence electrons. The molecule has 1 amide bonds. The predicted molar refractivity (Wildman–Crippen MR) is 96.9 cm³/mol. The predicted octanol–water partition coefficient (Wildman–Crippen LogP) is 3.66. The fraction of sp³-hybridized carbons (Fsp3) is 0.450. The second-order valence-electron chi connectivity index (χ2n) is 7.20. The van der Waals surface area contributed by atoms with Gasteiger partial charge in [0.2, 0.25) is 5.91 Å². The third-order valence-corrected chi connectivity index (χ3v) is 4.50. The van der Waals surface area contributed by atoms with Crippen molar-refractivity contribution >= 4 is 11.6 Å². The van der Waals surface area contributed by atoms with Gasteiger partial charge < -0.3 is 4.90 Å². The Morgan fingerprint density at radius 2 is 2.20 bits per heavy atom. The van der Waals surface area contributed by atoms with E-state index >= 15 is 0 Å². The molecule has 1 aliphatic rings. The van der Waals surface area contributed by atoms with Crippen LogP contribution >= 0.6 is 0 Å². The molecule has 0 bridgehead atoms. The van der Waals surface area contributed by atoms with Gasteiger partial charge in [-0.2, -0.15) is 10.4 Å². The van der Waals surface area contributed by atoms with Crippen molar-refractivity contribution in [3.05, 3.63) is 47.3 Å². The van der Waals surface area contributed by atoms with E-state index in [4.69, 9.17) is 5.26 Å². The zero-order valence-electron chi connectivity index (χ0n) is 15.1. The second-order valence-corrected chi connectivity index (χ2v) is 7.20. The zero-order valence-corrected chi connectivity index (χ0v) is 15.1. The number of aromatic nitrogens is 2. The Kier molecular flexibility index (Phi) is 4.89. The number of amides is 1. The van der Waals surface area contributed by atoms with Crippen molar-refractivity contribution in [3.8, 4) is 6.07 Å². The Balaban J connectivity index is 1.91. The Morgan fingerprint density at radius 1 is 1.44 bits per heavy atom. The van der Waals surface area contributed by atoms with Crippen LogP contribution in [0.15, 0.2) is 30.5 Å². The first-order valence-corrected chi connectivity index (χ1v) is 8.82. The van der Waals surface area contributed by atoms with E-state index in [0.717, 1.165) is 36.3 Å². The molecule has 0 unspecified atom stereocenters. The van der Waals surface area contributed by atoms with Gasteiger partial charge in [-0.15, -0.1) is 0 Å². The van der Waals surface area contributed by atoms with Crippen LogP contribution in [0, 0.1) is 30.1 Å². The highest BCUT2D eigenvalue weighted by atomic mass is 16.2. The van der Waals surface area contributed by atoms with Gasteiger partial charge in [0, 0.05) is 12.5 Å². The molecule has 0 spiro atoms. The van der Waals surface area contributed by atoms with Crippen molar-refractivity contribution in [2.45, 2.75) is 46.7 Å². The molecule has 1 heterocycles. The molecule has 0 radical (unpaired) electrons.